The standard InChI is InChI=1S/C13H12BrFN2O/c1-2-17-6-5-16-13(17)8-12(18)10-4-3-9(15)7-11(10)14/h3-7H,2,8H2,1H3. The average Bonchev–Trinajstić information content (AvgIpc) is 2.76. The summed E-state index contributed by atoms with van der Waals surface area (Å²) in [5.74, 6) is 0.273. The van der Waals surface area contributed by atoms with E-state index >= 15 is 0 Å². The first-order valence-electron chi connectivity index (χ1n) is 5.60. The molecule has 0 unspecified atom stereocenters. The largest absolute Gasteiger partial charge is 0.335 e. The highest BCUT2D eigenvalue weighted by Crippen LogP contribution is 2.19. The van der Waals surface area contributed by atoms with Gasteiger partial charge in [0.25, 0.3) is 0 Å². The van der Waals surface area contributed by atoms with Crippen molar-refractivity contribution in [3.8, 4) is 0 Å². The van der Waals surface area contributed by atoms with Gasteiger partial charge in [0.1, 0.15) is 11.6 Å². The molecule has 0 spiro atoms. The highest BCUT2D eigenvalue weighted by atomic mass is 79.9. The summed E-state index contributed by atoms with van der Waals surface area (Å²) >= 11 is 3.20. The number of rotatable bonds is 4. The minimum Gasteiger partial charge on any atom is -0.335 e. The lowest BCUT2D eigenvalue weighted by Gasteiger charge is -2.06. The Morgan fingerprint density at radius 1 is 1.50 bits per heavy atom. The van der Waals surface area contributed by atoms with E-state index in [0.717, 1.165) is 12.4 Å². The average molecular weight is 311 g/mol. The summed E-state index contributed by atoms with van der Waals surface area (Å²) in [5.41, 5.74) is 0.474. The summed E-state index contributed by atoms with van der Waals surface area (Å²) in [7, 11) is 0. The first kappa shape index (κ1) is 13.0. The molecule has 2 rings (SSSR count). The summed E-state index contributed by atoms with van der Waals surface area (Å²) in [6.07, 6.45) is 3.72. The molecule has 0 bridgehead atoms. The van der Waals surface area contributed by atoms with Crippen LogP contribution in [0.1, 0.15) is 23.1 Å². The van der Waals surface area contributed by atoms with Gasteiger partial charge in [-0.2, -0.15) is 0 Å². The summed E-state index contributed by atoms with van der Waals surface area (Å²) in [6, 6.07) is 4.06. The van der Waals surface area contributed by atoms with E-state index < -0.39 is 0 Å². The minimum atomic E-state index is -0.367. The lowest BCUT2D eigenvalue weighted by molar-refractivity contribution is 0.0989. The number of aryl methyl sites for hydroxylation is 1. The van der Waals surface area contributed by atoms with Crippen molar-refractivity contribution in [1.29, 1.82) is 0 Å². The lowest BCUT2D eigenvalue weighted by Crippen LogP contribution is -2.10. The fourth-order valence-corrected chi connectivity index (χ4v) is 2.32. The van der Waals surface area contributed by atoms with Crippen LogP contribution in [-0.2, 0) is 13.0 Å². The Hall–Kier alpha value is -1.49. The molecule has 5 heteroatoms. The van der Waals surface area contributed by atoms with Crippen LogP contribution in [0.25, 0.3) is 0 Å². The first-order chi connectivity index (χ1) is 8.61. The number of aromatic nitrogens is 2. The fourth-order valence-electron chi connectivity index (χ4n) is 1.75. The van der Waals surface area contributed by atoms with Crippen molar-refractivity contribution in [3.63, 3.8) is 0 Å². The number of imidazole rings is 1. The molecule has 1 heterocycles. The first-order valence-corrected chi connectivity index (χ1v) is 6.39. The van der Waals surface area contributed by atoms with Crippen LogP contribution >= 0.6 is 15.9 Å². The maximum Gasteiger partial charge on any atom is 0.171 e. The second-order valence-corrected chi connectivity index (χ2v) is 4.71. The van der Waals surface area contributed by atoms with Crippen LogP contribution in [0, 0.1) is 5.82 Å². The Bertz CT molecular complexity index is 580. The Morgan fingerprint density at radius 3 is 2.94 bits per heavy atom. The SMILES string of the molecule is CCn1ccnc1CC(=O)c1ccc(F)cc1Br. The molecule has 3 nitrogen and oxygen atoms in total. The zero-order chi connectivity index (χ0) is 13.1. The molecule has 0 radical (unpaired) electrons. The third kappa shape index (κ3) is 2.67. The van der Waals surface area contributed by atoms with Crippen LogP contribution in [-0.4, -0.2) is 15.3 Å². The Kier molecular flexibility index (Phi) is 3.91. The van der Waals surface area contributed by atoms with E-state index in [0.29, 0.717) is 10.0 Å². The Balaban J connectivity index is 2.22. The molecule has 2 aromatic rings. The summed E-state index contributed by atoms with van der Waals surface area (Å²) in [5, 5.41) is 0. The topological polar surface area (TPSA) is 34.9 Å². The van der Waals surface area contributed by atoms with E-state index in [1.807, 2.05) is 17.7 Å². The number of ketones is 1. The molecule has 1 aromatic carbocycles. The van der Waals surface area contributed by atoms with Gasteiger partial charge in [-0.1, -0.05) is 0 Å². The Morgan fingerprint density at radius 2 is 2.28 bits per heavy atom. The molecule has 0 aliphatic heterocycles. The molecular weight excluding hydrogens is 299 g/mol. The number of Topliss-reactive ketones (excluding diaryl/α,β-unsaturated/α-hetero) is 1. The van der Waals surface area contributed by atoms with Gasteiger partial charge < -0.3 is 4.57 Å². The van der Waals surface area contributed by atoms with Gasteiger partial charge in [-0.15, -0.1) is 0 Å². The van der Waals surface area contributed by atoms with E-state index in [9.17, 15) is 9.18 Å². The lowest BCUT2D eigenvalue weighted by atomic mass is 10.1. The number of hydrogen-bond acceptors (Lipinski definition) is 2. The van der Waals surface area contributed by atoms with Crippen molar-refractivity contribution >= 4 is 21.7 Å². The Labute approximate surface area is 113 Å². The van der Waals surface area contributed by atoms with Gasteiger partial charge in [0.2, 0.25) is 0 Å². The smallest absolute Gasteiger partial charge is 0.171 e. The molecular formula is C13H12BrFN2O. The van der Waals surface area contributed by atoms with Crippen LogP contribution < -0.4 is 0 Å². The van der Waals surface area contributed by atoms with Crippen molar-refractivity contribution in [1.82, 2.24) is 9.55 Å². The normalized spacial score (nSPS) is 10.6. The van der Waals surface area contributed by atoms with Gasteiger partial charge in [0.05, 0.1) is 6.42 Å². The van der Waals surface area contributed by atoms with Crippen molar-refractivity contribution in [2.45, 2.75) is 19.9 Å². The van der Waals surface area contributed by atoms with Gasteiger partial charge in [-0.25, -0.2) is 9.37 Å². The van der Waals surface area contributed by atoms with Crippen molar-refractivity contribution < 1.29 is 9.18 Å². The number of carbonyl (C=O) groups excluding carboxylic acids is 1. The number of hydrogen-bond donors (Lipinski definition) is 0. The van der Waals surface area contributed by atoms with Crippen molar-refractivity contribution in [3.05, 3.63) is 52.3 Å². The second-order valence-electron chi connectivity index (χ2n) is 3.85. The third-order valence-electron chi connectivity index (χ3n) is 2.69. The highest BCUT2D eigenvalue weighted by molar-refractivity contribution is 9.10. The number of nitrogens with zero attached hydrogens (tertiary/aromatic N) is 2. The summed E-state index contributed by atoms with van der Waals surface area (Å²) in [6.45, 7) is 2.76. The molecule has 94 valence electrons. The summed E-state index contributed by atoms with van der Waals surface area (Å²) < 4.78 is 15.3. The minimum absolute atomic E-state index is 0.0808. The number of carbonyl (C=O) groups is 1. The van der Waals surface area contributed by atoms with Gasteiger partial charge in [-0.3, -0.25) is 4.79 Å². The predicted molar refractivity (Wildman–Crippen MR) is 70.0 cm³/mol. The van der Waals surface area contributed by atoms with Crippen LogP contribution in [0.3, 0.4) is 0 Å². The van der Waals surface area contributed by atoms with E-state index in [-0.39, 0.29) is 18.0 Å². The van der Waals surface area contributed by atoms with Crippen LogP contribution in [0.2, 0.25) is 0 Å². The van der Waals surface area contributed by atoms with Crippen molar-refractivity contribution in [2.24, 2.45) is 0 Å². The van der Waals surface area contributed by atoms with E-state index in [4.69, 9.17) is 0 Å². The van der Waals surface area contributed by atoms with Gasteiger partial charge in [-0.05, 0) is 41.1 Å². The molecule has 0 N–H and O–H groups in total. The van der Waals surface area contributed by atoms with E-state index in [2.05, 4.69) is 20.9 Å². The molecule has 0 saturated carbocycles. The highest BCUT2D eigenvalue weighted by Gasteiger charge is 2.14. The molecule has 0 atom stereocenters. The van der Waals surface area contributed by atoms with Crippen LogP contribution in [0.15, 0.2) is 35.1 Å². The number of halogens is 2. The van der Waals surface area contributed by atoms with Crippen molar-refractivity contribution in [2.75, 3.05) is 0 Å². The molecule has 1 aromatic heterocycles. The predicted octanol–water partition coefficient (Wildman–Crippen LogP) is 3.23. The van der Waals surface area contributed by atoms with E-state index in [1.165, 1.54) is 18.2 Å². The molecule has 18 heavy (non-hydrogen) atoms. The van der Waals surface area contributed by atoms with Crippen LogP contribution in [0.4, 0.5) is 4.39 Å². The fraction of sp³-hybridized carbons (Fsp3) is 0.231. The zero-order valence-corrected chi connectivity index (χ0v) is 11.4. The molecule has 0 fully saturated rings. The number of benzene rings is 1. The quantitative estimate of drug-likeness (QED) is 0.813. The summed E-state index contributed by atoms with van der Waals surface area (Å²) in [4.78, 5) is 16.3. The van der Waals surface area contributed by atoms with Gasteiger partial charge >= 0.3 is 0 Å². The zero-order valence-electron chi connectivity index (χ0n) is 9.86. The maximum atomic E-state index is 12.9. The van der Waals surface area contributed by atoms with E-state index in [1.54, 1.807) is 6.20 Å². The van der Waals surface area contributed by atoms with Gasteiger partial charge in [0, 0.05) is 29.0 Å². The monoisotopic (exact) mass is 310 g/mol. The second kappa shape index (κ2) is 5.44. The molecule has 0 aliphatic rings. The van der Waals surface area contributed by atoms with Crippen LogP contribution in [0.5, 0.6) is 0 Å². The third-order valence-corrected chi connectivity index (χ3v) is 3.35. The maximum absolute atomic E-state index is 12.9. The van der Waals surface area contributed by atoms with Gasteiger partial charge in [0.15, 0.2) is 5.78 Å². The molecule has 0 amide bonds. The molecule has 0 saturated heterocycles. The molecule has 0 aliphatic carbocycles.